The second kappa shape index (κ2) is 6.42. The molecule has 1 aromatic heterocycles. The average molecular weight is 273 g/mol. The van der Waals surface area contributed by atoms with Crippen molar-refractivity contribution < 1.29 is 14.0 Å². The number of rotatable bonds is 3. The lowest BCUT2D eigenvalue weighted by molar-refractivity contribution is -0.136. The van der Waals surface area contributed by atoms with Crippen LogP contribution in [0, 0.1) is 5.82 Å². The Labute approximate surface area is 114 Å². The molecule has 5 nitrogen and oxygen atoms in total. The van der Waals surface area contributed by atoms with E-state index in [-0.39, 0.29) is 12.2 Å². The third-order valence-corrected chi connectivity index (χ3v) is 2.48. The quantitative estimate of drug-likeness (QED) is 0.832. The lowest BCUT2D eigenvalue weighted by Gasteiger charge is -2.06. The summed E-state index contributed by atoms with van der Waals surface area (Å²) >= 11 is 0. The Balaban J connectivity index is 1.90. The maximum atomic E-state index is 13.3. The van der Waals surface area contributed by atoms with Crippen LogP contribution in [0.5, 0.6) is 0 Å². The summed E-state index contributed by atoms with van der Waals surface area (Å²) in [6.45, 7) is 0.129. The van der Waals surface area contributed by atoms with Gasteiger partial charge in [0.05, 0.1) is 17.9 Å². The van der Waals surface area contributed by atoms with Crippen molar-refractivity contribution in [3.8, 4) is 0 Å². The van der Waals surface area contributed by atoms with Gasteiger partial charge in [0, 0.05) is 6.20 Å². The monoisotopic (exact) mass is 273 g/mol. The molecule has 0 aliphatic rings. The van der Waals surface area contributed by atoms with Crippen LogP contribution in [0.4, 0.5) is 10.1 Å². The Morgan fingerprint density at radius 2 is 1.80 bits per heavy atom. The molecule has 0 atom stereocenters. The van der Waals surface area contributed by atoms with Crippen LogP contribution in [0.25, 0.3) is 0 Å². The highest BCUT2D eigenvalue weighted by molar-refractivity contribution is 6.39. The lowest BCUT2D eigenvalue weighted by Crippen LogP contribution is -2.35. The minimum Gasteiger partial charge on any atom is -0.342 e. The fraction of sp³-hybridized carbons (Fsp3) is 0.0714. The molecule has 0 radical (unpaired) electrons. The Morgan fingerprint density at radius 1 is 1.05 bits per heavy atom. The van der Waals surface area contributed by atoms with E-state index in [1.807, 2.05) is 0 Å². The molecule has 0 aliphatic heterocycles. The van der Waals surface area contributed by atoms with Crippen LogP contribution < -0.4 is 10.6 Å². The first-order chi connectivity index (χ1) is 9.66. The van der Waals surface area contributed by atoms with Crippen molar-refractivity contribution in [2.75, 3.05) is 5.32 Å². The molecule has 1 aromatic carbocycles. The SMILES string of the molecule is O=C(NCc1ccccn1)C(=O)Nc1ccccc1F. The van der Waals surface area contributed by atoms with Crippen LogP contribution in [-0.4, -0.2) is 16.8 Å². The smallest absolute Gasteiger partial charge is 0.313 e. The van der Waals surface area contributed by atoms with E-state index in [2.05, 4.69) is 15.6 Å². The second-order valence-corrected chi connectivity index (χ2v) is 3.94. The van der Waals surface area contributed by atoms with E-state index in [9.17, 15) is 14.0 Å². The Hall–Kier alpha value is -2.76. The number of anilines is 1. The van der Waals surface area contributed by atoms with E-state index in [0.29, 0.717) is 5.69 Å². The van der Waals surface area contributed by atoms with Gasteiger partial charge in [0.15, 0.2) is 0 Å². The molecular weight excluding hydrogens is 261 g/mol. The predicted octanol–water partition coefficient (Wildman–Crippen LogP) is 1.48. The number of carbonyl (C=O) groups excluding carboxylic acids is 2. The predicted molar refractivity (Wildman–Crippen MR) is 71.1 cm³/mol. The first-order valence-corrected chi connectivity index (χ1v) is 5.90. The highest BCUT2D eigenvalue weighted by atomic mass is 19.1. The number of nitrogens with zero attached hydrogens (tertiary/aromatic N) is 1. The van der Waals surface area contributed by atoms with E-state index < -0.39 is 17.6 Å². The molecular formula is C14H12FN3O2. The molecule has 6 heteroatoms. The number of amides is 2. The van der Waals surface area contributed by atoms with Gasteiger partial charge in [-0.2, -0.15) is 0 Å². The molecule has 2 amide bonds. The molecule has 2 rings (SSSR count). The molecule has 0 fully saturated rings. The zero-order valence-electron chi connectivity index (χ0n) is 10.5. The van der Waals surface area contributed by atoms with Gasteiger partial charge < -0.3 is 10.6 Å². The minimum absolute atomic E-state index is 0.0366. The number of aromatic nitrogens is 1. The lowest BCUT2D eigenvalue weighted by atomic mass is 10.3. The summed E-state index contributed by atoms with van der Waals surface area (Å²) in [5, 5.41) is 4.60. The molecule has 0 spiro atoms. The normalized spacial score (nSPS) is 9.85. The summed E-state index contributed by atoms with van der Waals surface area (Å²) in [5.74, 6) is -2.37. The van der Waals surface area contributed by atoms with Crippen molar-refractivity contribution in [2.45, 2.75) is 6.54 Å². The molecule has 0 aliphatic carbocycles. The first-order valence-electron chi connectivity index (χ1n) is 5.90. The van der Waals surface area contributed by atoms with Crippen LogP contribution in [0.15, 0.2) is 48.7 Å². The van der Waals surface area contributed by atoms with Crippen molar-refractivity contribution in [1.29, 1.82) is 0 Å². The maximum absolute atomic E-state index is 13.3. The number of hydrogen-bond acceptors (Lipinski definition) is 3. The van der Waals surface area contributed by atoms with Crippen molar-refractivity contribution >= 4 is 17.5 Å². The number of carbonyl (C=O) groups is 2. The number of pyridine rings is 1. The van der Waals surface area contributed by atoms with Crippen LogP contribution in [-0.2, 0) is 16.1 Å². The maximum Gasteiger partial charge on any atom is 0.313 e. The summed E-state index contributed by atoms with van der Waals surface area (Å²) in [4.78, 5) is 27.1. The summed E-state index contributed by atoms with van der Waals surface area (Å²) in [6.07, 6.45) is 1.58. The zero-order chi connectivity index (χ0) is 14.4. The Morgan fingerprint density at radius 3 is 2.50 bits per heavy atom. The summed E-state index contributed by atoms with van der Waals surface area (Å²) in [5.41, 5.74) is 0.588. The van der Waals surface area contributed by atoms with E-state index in [1.54, 1.807) is 30.5 Å². The summed E-state index contributed by atoms with van der Waals surface area (Å²) in [7, 11) is 0. The fourth-order valence-electron chi connectivity index (χ4n) is 1.50. The summed E-state index contributed by atoms with van der Waals surface area (Å²) < 4.78 is 13.3. The van der Waals surface area contributed by atoms with Gasteiger partial charge in [0.25, 0.3) is 0 Å². The molecule has 2 aromatic rings. The molecule has 20 heavy (non-hydrogen) atoms. The van der Waals surface area contributed by atoms with Gasteiger partial charge in [0.1, 0.15) is 5.82 Å². The van der Waals surface area contributed by atoms with Crippen molar-refractivity contribution in [3.05, 3.63) is 60.2 Å². The summed E-state index contributed by atoms with van der Waals surface area (Å²) in [6, 6.07) is 10.9. The van der Waals surface area contributed by atoms with Gasteiger partial charge in [-0.05, 0) is 24.3 Å². The zero-order valence-corrected chi connectivity index (χ0v) is 10.5. The van der Waals surface area contributed by atoms with Gasteiger partial charge >= 0.3 is 11.8 Å². The van der Waals surface area contributed by atoms with Gasteiger partial charge in [-0.25, -0.2) is 4.39 Å². The van der Waals surface area contributed by atoms with E-state index >= 15 is 0 Å². The minimum atomic E-state index is -0.925. The highest BCUT2D eigenvalue weighted by Gasteiger charge is 2.14. The largest absolute Gasteiger partial charge is 0.342 e. The molecule has 102 valence electrons. The third-order valence-electron chi connectivity index (χ3n) is 2.48. The van der Waals surface area contributed by atoms with Gasteiger partial charge in [-0.15, -0.1) is 0 Å². The highest BCUT2D eigenvalue weighted by Crippen LogP contribution is 2.11. The van der Waals surface area contributed by atoms with E-state index in [4.69, 9.17) is 0 Å². The number of benzene rings is 1. The topological polar surface area (TPSA) is 71.1 Å². The van der Waals surface area contributed by atoms with Crippen molar-refractivity contribution in [3.63, 3.8) is 0 Å². The molecule has 0 unspecified atom stereocenters. The Bertz CT molecular complexity index is 617. The molecule has 0 saturated carbocycles. The number of nitrogens with one attached hydrogen (secondary N) is 2. The van der Waals surface area contributed by atoms with E-state index in [1.165, 1.54) is 18.2 Å². The van der Waals surface area contributed by atoms with E-state index in [0.717, 1.165) is 0 Å². The van der Waals surface area contributed by atoms with Gasteiger partial charge in [-0.3, -0.25) is 14.6 Å². The second-order valence-electron chi connectivity index (χ2n) is 3.94. The standard InChI is InChI=1S/C14H12FN3O2/c15-11-6-1-2-7-12(11)18-14(20)13(19)17-9-10-5-3-4-8-16-10/h1-8H,9H2,(H,17,19)(H,18,20). The Kier molecular flexibility index (Phi) is 4.39. The first kappa shape index (κ1) is 13.7. The number of halogens is 1. The molecule has 1 heterocycles. The number of para-hydroxylation sites is 1. The van der Waals surface area contributed by atoms with Crippen LogP contribution in [0.2, 0.25) is 0 Å². The molecule has 2 N–H and O–H groups in total. The van der Waals surface area contributed by atoms with Crippen molar-refractivity contribution in [2.24, 2.45) is 0 Å². The fourth-order valence-corrected chi connectivity index (χ4v) is 1.50. The van der Waals surface area contributed by atoms with Crippen LogP contribution in [0.1, 0.15) is 5.69 Å². The average Bonchev–Trinajstić information content (AvgIpc) is 2.48. The van der Waals surface area contributed by atoms with Crippen molar-refractivity contribution in [1.82, 2.24) is 10.3 Å². The number of hydrogen-bond donors (Lipinski definition) is 2. The van der Waals surface area contributed by atoms with Gasteiger partial charge in [-0.1, -0.05) is 18.2 Å². The third kappa shape index (κ3) is 3.61. The van der Waals surface area contributed by atoms with Gasteiger partial charge in [0.2, 0.25) is 0 Å². The van der Waals surface area contributed by atoms with Crippen LogP contribution in [0.3, 0.4) is 0 Å². The van der Waals surface area contributed by atoms with Crippen LogP contribution >= 0.6 is 0 Å². The molecule has 0 bridgehead atoms. The molecule has 0 saturated heterocycles.